The van der Waals surface area contributed by atoms with E-state index in [9.17, 15) is 4.79 Å². The predicted molar refractivity (Wildman–Crippen MR) is 85.7 cm³/mol. The number of aromatic nitrogens is 2. The van der Waals surface area contributed by atoms with Gasteiger partial charge >= 0.3 is 6.09 Å². The molecule has 2 N–H and O–H groups in total. The van der Waals surface area contributed by atoms with Crippen molar-refractivity contribution in [3.8, 4) is 0 Å². The molecule has 2 atom stereocenters. The first-order chi connectivity index (χ1) is 10.3. The van der Waals surface area contributed by atoms with Gasteiger partial charge in [0.1, 0.15) is 5.60 Å². The summed E-state index contributed by atoms with van der Waals surface area (Å²) in [6, 6.07) is 0.331. The molecule has 0 spiro atoms. The van der Waals surface area contributed by atoms with Gasteiger partial charge in [-0.3, -0.25) is 4.68 Å². The summed E-state index contributed by atoms with van der Waals surface area (Å²) in [5.41, 5.74) is 2.14. The van der Waals surface area contributed by atoms with Gasteiger partial charge in [0, 0.05) is 36.9 Å². The summed E-state index contributed by atoms with van der Waals surface area (Å²) in [6.45, 7) is 8.27. The number of fused-ring (bicyclic) bond motifs is 1. The Labute approximate surface area is 132 Å². The monoisotopic (exact) mass is 308 g/mol. The van der Waals surface area contributed by atoms with Crippen LogP contribution in [0.3, 0.4) is 0 Å². The Morgan fingerprint density at radius 1 is 1.55 bits per heavy atom. The van der Waals surface area contributed by atoms with Crippen molar-refractivity contribution in [2.45, 2.75) is 64.6 Å². The molecule has 1 heterocycles. The zero-order chi connectivity index (χ0) is 16.3. The molecule has 2 rings (SSSR count). The van der Waals surface area contributed by atoms with Crippen LogP contribution in [0.1, 0.15) is 57.8 Å². The third-order valence-electron chi connectivity index (χ3n) is 3.81. The van der Waals surface area contributed by atoms with Crippen LogP contribution in [0.5, 0.6) is 0 Å². The number of nitrogens with one attached hydrogen (secondary N) is 2. The van der Waals surface area contributed by atoms with E-state index in [4.69, 9.17) is 4.74 Å². The number of aryl methyl sites for hydroxylation is 1. The van der Waals surface area contributed by atoms with Gasteiger partial charge in [0.05, 0.1) is 6.20 Å². The lowest BCUT2D eigenvalue weighted by atomic mass is 9.93. The van der Waals surface area contributed by atoms with E-state index in [1.165, 1.54) is 11.3 Å². The van der Waals surface area contributed by atoms with E-state index in [1.54, 1.807) is 0 Å². The second-order valence-electron chi connectivity index (χ2n) is 7.07. The number of amides is 1. The predicted octanol–water partition coefficient (Wildman–Crippen LogP) is 2.30. The smallest absolute Gasteiger partial charge is 0.407 e. The maximum absolute atomic E-state index is 11.7. The van der Waals surface area contributed by atoms with Gasteiger partial charge in [-0.1, -0.05) is 0 Å². The van der Waals surface area contributed by atoms with Gasteiger partial charge in [0.15, 0.2) is 0 Å². The second kappa shape index (κ2) is 6.69. The molecule has 6 heteroatoms. The van der Waals surface area contributed by atoms with Gasteiger partial charge in [-0.25, -0.2) is 4.79 Å². The Morgan fingerprint density at radius 2 is 2.27 bits per heavy atom. The largest absolute Gasteiger partial charge is 0.444 e. The van der Waals surface area contributed by atoms with Crippen molar-refractivity contribution in [1.82, 2.24) is 20.4 Å². The van der Waals surface area contributed by atoms with Crippen LogP contribution in [-0.2, 0) is 18.2 Å². The van der Waals surface area contributed by atoms with Crippen LogP contribution in [-0.4, -0.2) is 34.1 Å². The van der Waals surface area contributed by atoms with E-state index in [-0.39, 0.29) is 12.1 Å². The van der Waals surface area contributed by atoms with E-state index in [1.807, 2.05) is 45.6 Å². The van der Waals surface area contributed by atoms with Crippen LogP contribution in [0.15, 0.2) is 6.20 Å². The Morgan fingerprint density at radius 3 is 2.95 bits per heavy atom. The molecular weight excluding hydrogens is 280 g/mol. The molecule has 1 aromatic rings. The van der Waals surface area contributed by atoms with Gasteiger partial charge in [-0.2, -0.15) is 5.10 Å². The van der Waals surface area contributed by atoms with E-state index >= 15 is 0 Å². The molecule has 124 valence electrons. The minimum absolute atomic E-state index is 0.0110. The molecule has 0 bridgehead atoms. The fourth-order valence-corrected chi connectivity index (χ4v) is 2.80. The average molecular weight is 308 g/mol. The van der Waals surface area contributed by atoms with E-state index in [2.05, 4.69) is 15.7 Å². The van der Waals surface area contributed by atoms with Crippen LogP contribution in [0.2, 0.25) is 0 Å². The van der Waals surface area contributed by atoms with E-state index in [0.717, 1.165) is 19.3 Å². The van der Waals surface area contributed by atoms with E-state index in [0.29, 0.717) is 12.6 Å². The van der Waals surface area contributed by atoms with Gasteiger partial charge in [-0.05, 0) is 47.0 Å². The number of nitrogens with zero attached hydrogens (tertiary/aromatic N) is 2. The molecule has 1 aliphatic rings. The molecule has 0 aliphatic heterocycles. The molecule has 6 nitrogen and oxygen atoms in total. The second-order valence-corrected chi connectivity index (χ2v) is 7.07. The van der Waals surface area contributed by atoms with Crippen molar-refractivity contribution in [2.24, 2.45) is 7.05 Å². The third kappa shape index (κ3) is 4.47. The highest BCUT2D eigenvalue weighted by molar-refractivity contribution is 5.68. The summed E-state index contributed by atoms with van der Waals surface area (Å²) in [5.74, 6) is 0. The molecule has 0 aromatic carbocycles. The van der Waals surface area contributed by atoms with Gasteiger partial charge < -0.3 is 15.4 Å². The normalized spacial score (nSPS) is 19.4. The molecular formula is C16H28N4O2. The molecule has 1 aliphatic carbocycles. The van der Waals surface area contributed by atoms with Gasteiger partial charge in [0.25, 0.3) is 0 Å². The maximum Gasteiger partial charge on any atom is 0.407 e. The molecule has 1 aromatic heterocycles. The summed E-state index contributed by atoms with van der Waals surface area (Å²) in [5, 5.41) is 10.7. The minimum atomic E-state index is -0.467. The first-order valence-electron chi connectivity index (χ1n) is 8.00. The lowest BCUT2D eigenvalue weighted by Gasteiger charge is -2.26. The van der Waals surface area contributed by atoms with Crippen LogP contribution in [0.25, 0.3) is 0 Å². The number of hydrogen-bond donors (Lipinski definition) is 2. The topological polar surface area (TPSA) is 68.2 Å². The third-order valence-corrected chi connectivity index (χ3v) is 3.81. The van der Waals surface area contributed by atoms with E-state index < -0.39 is 5.60 Å². The molecule has 0 saturated heterocycles. The Kier molecular flexibility index (Phi) is 5.11. The molecule has 0 fully saturated rings. The van der Waals surface area contributed by atoms with Gasteiger partial charge in [-0.15, -0.1) is 0 Å². The van der Waals surface area contributed by atoms with Gasteiger partial charge in [0.2, 0.25) is 0 Å². The van der Waals surface area contributed by atoms with Crippen LogP contribution >= 0.6 is 0 Å². The lowest BCUT2D eigenvalue weighted by Crippen LogP contribution is -2.43. The number of ether oxygens (including phenoxy) is 1. The number of carbonyl (C=O) groups excluding carboxylic acids is 1. The summed E-state index contributed by atoms with van der Waals surface area (Å²) >= 11 is 0. The lowest BCUT2D eigenvalue weighted by molar-refractivity contribution is 0.0507. The van der Waals surface area contributed by atoms with Crippen molar-refractivity contribution in [2.75, 3.05) is 6.54 Å². The number of alkyl carbamates (subject to hydrolysis) is 1. The molecule has 2 unspecified atom stereocenters. The Balaban J connectivity index is 1.82. The Hall–Kier alpha value is -1.56. The maximum atomic E-state index is 11.7. The van der Waals surface area contributed by atoms with Crippen molar-refractivity contribution in [3.05, 3.63) is 17.5 Å². The fraction of sp³-hybridized carbons (Fsp3) is 0.750. The number of hydrogen-bond acceptors (Lipinski definition) is 4. The zero-order valence-electron chi connectivity index (χ0n) is 14.3. The summed E-state index contributed by atoms with van der Waals surface area (Å²) < 4.78 is 7.23. The van der Waals surface area contributed by atoms with Crippen LogP contribution in [0, 0.1) is 0 Å². The number of rotatable bonds is 4. The van der Waals surface area contributed by atoms with Crippen LogP contribution in [0.4, 0.5) is 4.79 Å². The highest BCUT2D eigenvalue weighted by Crippen LogP contribution is 2.28. The SMILES string of the molecule is CC(CNC1CCCc2c1cnn2C)NC(=O)OC(C)(C)C. The molecule has 22 heavy (non-hydrogen) atoms. The number of carbonyl (C=O) groups is 1. The fourth-order valence-electron chi connectivity index (χ4n) is 2.80. The summed E-state index contributed by atoms with van der Waals surface area (Å²) in [6.07, 6.45) is 4.96. The van der Waals surface area contributed by atoms with Crippen molar-refractivity contribution in [3.63, 3.8) is 0 Å². The Bertz CT molecular complexity index is 519. The molecule has 0 radical (unpaired) electrons. The quantitative estimate of drug-likeness (QED) is 0.895. The first kappa shape index (κ1) is 16.8. The summed E-state index contributed by atoms with van der Waals surface area (Å²) in [4.78, 5) is 11.7. The standard InChI is InChI=1S/C16H28N4O2/c1-11(19-15(21)22-16(2,3)4)9-17-13-7-6-8-14-12(13)10-18-20(14)5/h10-11,13,17H,6-9H2,1-5H3,(H,19,21). The minimum Gasteiger partial charge on any atom is -0.444 e. The average Bonchev–Trinajstić information content (AvgIpc) is 2.76. The first-order valence-corrected chi connectivity index (χ1v) is 8.00. The van der Waals surface area contributed by atoms with Crippen molar-refractivity contribution >= 4 is 6.09 Å². The zero-order valence-corrected chi connectivity index (χ0v) is 14.3. The summed E-state index contributed by atoms with van der Waals surface area (Å²) in [7, 11) is 1.99. The van der Waals surface area contributed by atoms with Crippen molar-refractivity contribution in [1.29, 1.82) is 0 Å². The molecule has 0 saturated carbocycles. The van der Waals surface area contributed by atoms with Crippen molar-refractivity contribution < 1.29 is 9.53 Å². The highest BCUT2D eigenvalue weighted by atomic mass is 16.6. The van der Waals surface area contributed by atoms with Crippen LogP contribution < -0.4 is 10.6 Å². The highest BCUT2D eigenvalue weighted by Gasteiger charge is 2.24. The molecule has 1 amide bonds.